The van der Waals surface area contributed by atoms with Gasteiger partial charge in [-0.25, -0.2) is 4.98 Å². The number of aromatic nitrogens is 3. The Morgan fingerprint density at radius 1 is 1.10 bits per heavy atom. The number of nitro groups is 1. The number of hydrogen-bond donors (Lipinski definition) is 2. The second-order valence-corrected chi connectivity index (χ2v) is 6.12. The maximum atomic E-state index is 12.7. The number of ether oxygens (including phenoxy) is 2. The van der Waals surface area contributed by atoms with Gasteiger partial charge >= 0.3 is 5.69 Å². The number of fused-ring (bicyclic) bond motifs is 2. The van der Waals surface area contributed by atoms with Crippen LogP contribution in [0.3, 0.4) is 0 Å². The standard InChI is InChI=1S/C19H13N5O5/c1-28-14-6-12-13(7-15(14)29-2)23-19(25)17(22-12)16-18(24(26)27)10-4-3-9(8-20)5-11(10)21-16/h3-7,21H,1-2H3,(H,23,25). The number of benzene rings is 2. The lowest BCUT2D eigenvalue weighted by Crippen LogP contribution is -2.12. The summed E-state index contributed by atoms with van der Waals surface area (Å²) < 4.78 is 10.5. The fraction of sp³-hybridized carbons (Fsp3) is 0.105. The average molecular weight is 391 g/mol. The molecule has 0 spiro atoms. The fourth-order valence-electron chi connectivity index (χ4n) is 3.20. The number of rotatable bonds is 4. The molecule has 0 bridgehead atoms. The molecule has 10 heteroatoms. The van der Waals surface area contributed by atoms with E-state index in [0.717, 1.165) is 0 Å². The Hall–Kier alpha value is -4.39. The number of nitrogens with one attached hydrogen (secondary N) is 2. The van der Waals surface area contributed by atoms with E-state index in [9.17, 15) is 14.9 Å². The fourth-order valence-corrected chi connectivity index (χ4v) is 3.20. The first-order valence-corrected chi connectivity index (χ1v) is 8.33. The Bertz CT molecular complexity index is 1400. The highest BCUT2D eigenvalue weighted by Gasteiger charge is 2.26. The molecule has 0 aliphatic carbocycles. The van der Waals surface area contributed by atoms with Crippen LogP contribution in [0.1, 0.15) is 5.56 Å². The molecule has 0 fully saturated rings. The first kappa shape index (κ1) is 18.0. The van der Waals surface area contributed by atoms with Gasteiger partial charge in [0, 0.05) is 12.1 Å². The highest BCUT2D eigenvalue weighted by molar-refractivity contribution is 5.98. The monoisotopic (exact) mass is 391 g/mol. The lowest BCUT2D eigenvalue weighted by atomic mass is 10.1. The molecule has 0 unspecified atom stereocenters. The van der Waals surface area contributed by atoms with Crippen LogP contribution in [-0.4, -0.2) is 34.1 Å². The van der Waals surface area contributed by atoms with Crippen LogP contribution >= 0.6 is 0 Å². The number of aromatic amines is 2. The molecule has 29 heavy (non-hydrogen) atoms. The molecule has 10 nitrogen and oxygen atoms in total. The van der Waals surface area contributed by atoms with Gasteiger partial charge in [0.05, 0.1) is 52.7 Å². The van der Waals surface area contributed by atoms with Gasteiger partial charge in [-0.1, -0.05) is 0 Å². The van der Waals surface area contributed by atoms with Crippen molar-refractivity contribution in [3.63, 3.8) is 0 Å². The Balaban J connectivity index is 2.03. The van der Waals surface area contributed by atoms with Crippen molar-refractivity contribution in [1.82, 2.24) is 15.0 Å². The van der Waals surface area contributed by atoms with Crippen LogP contribution in [0.25, 0.3) is 33.3 Å². The van der Waals surface area contributed by atoms with Crippen LogP contribution in [-0.2, 0) is 0 Å². The third kappa shape index (κ3) is 2.81. The van der Waals surface area contributed by atoms with Gasteiger partial charge in [0.15, 0.2) is 17.2 Å². The molecule has 0 saturated carbocycles. The quantitative estimate of drug-likeness (QED) is 0.401. The molecule has 2 aromatic carbocycles. The smallest absolute Gasteiger partial charge is 0.304 e. The van der Waals surface area contributed by atoms with Crippen molar-refractivity contribution in [3.05, 3.63) is 56.4 Å². The normalized spacial score (nSPS) is 10.8. The molecule has 2 N–H and O–H groups in total. The average Bonchev–Trinajstić information content (AvgIpc) is 3.10. The molecular formula is C19H13N5O5. The van der Waals surface area contributed by atoms with Crippen molar-refractivity contribution in [3.8, 4) is 29.0 Å². The summed E-state index contributed by atoms with van der Waals surface area (Å²) in [4.78, 5) is 33.7. The third-order valence-electron chi connectivity index (χ3n) is 4.52. The van der Waals surface area contributed by atoms with Crippen LogP contribution in [0.5, 0.6) is 11.5 Å². The van der Waals surface area contributed by atoms with Crippen LogP contribution in [0, 0.1) is 21.4 Å². The van der Waals surface area contributed by atoms with Crippen molar-refractivity contribution in [1.29, 1.82) is 5.26 Å². The Kier molecular flexibility index (Phi) is 4.13. The summed E-state index contributed by atoms with van der Waals surface area (Å²) in [5, 5.41) is 21.1. The molecule has 0 saturated heterocycles. The van der Waals surface area contributed by atoms with E-state index < -0.39 is 10.5 Å². The largest absolute Gasteiger partial charge is 0.493 e. The van der Waals surface area contributed by atoms with Gasteiger partial charge in [-0.3, -0.25) is 14.9 Å². The molecular weight excluding hydrogens is 378 g/mol. The van der Waals surface area contributed by atoms with Crippen molar-refractivity contribution < 1.29 is 14.4 Å². The molecule has 2 aromatic heterocycles. The van der Waals surface area contributed by atoms with Gasteiger partial charge < -0.3 is 19.4 Å². The molecule has 2 heterocycles. The van der Waals surface area contributed by atoms with E-state index >= 15 is 0 Å². The van der Waals surface area contributed by atoms with Crippen molar-refractivity contribution in [2.45, 2.75) is 0 Å². The van der Waals surface area contributed by atoms with Gasteiger partial charge in [0.25, 0.3) is 5.56 Å². The summed E-state index contributed by atoms with van der Waals surface area (Å²) in [5.41, 5.74) is 0.355. The van der Waals surface area contributed by atoms with Crippen LogP contribution in [0.2, 0.25) is 0 Å². The number of methoxy groups -OCH3 is 2. The SMILES string of the molecule is COc1cc2nc(-c3[nH]c4cc(C#N)ccc4c3[N+](=O)[O-])c(=O)[nH]c2cc1OC. The lowest BCUT2D eigenvalue weighted by molar-refractivity contribution is -0.382. The molecule has 0 atom stereocenters. The number of hydrogen-bond acceptors (Lipinski definition) is 7. The molecule has 0 amide bonds. The van der Waals surface area contributed by atoms with E-state index in [1.807, 2.05) is 6.07 Å². The van der Waals surface area contributed by atoms with Crippen LogP contribution in [0.4, 0.5) is 5.69 Å². The van der Waals surface area contributed by atoms with E-state index in [2.05, 4.69) is 15.0 Å². The maximum Gasteiger partial charge on any atom is 0.304 e. The Morgan fingerprint density at radius 2 is 1.83 bits per heavy atom. The van der Waals surface area contributed by atoms with Gasteiger partial charge in [0.2, 0.25) is 0 Å². The summed E-state index contributed by atoms with van der Waals surface area (Å²) in [6.45, 7) is 0. The Morgan fingerprint density at radius 3 is 2.48 bits per heavy atom. The Labute approximate surface area is 162 Å². The maximum absolute atomic E-state index is 12.7. The predicted molar refractivity (Wildman–Crippen MR) is 104 cm³/mol. The summed E-state index contributed by atoms with van der Waals surface area (Å²) >= 11 is 0. The minimum Gasteiger partial charge on any atom is -0.493 e. The second kappa shape index (κ2) is 6.65. The van der Waals surface area contributed by atoms with Crippen molar-refractivity contribution in [2.24, 2.45) is 0 Å². The summed E-state index contributed by atoms with van der Waals surface area (Å²) in [7, 11) is 2.93. The van der Waals surface area contributed by atoms with Crippen LogP contribution in [0.15, 0.2) is 35.1 Å². The van der Waals surface area contributed by atoms with Gasteiger partial charge in [-0.15, -0.1) is 0 Å². The molecule has 144 valence electrons. The molecule has 0 aliphatic rings. The van der Waals surface area contributed by atoms with E-state index in [1.54, 1.807) is 12.1 Å². The second-order valence-electron chi connectivity index (χ2n) is 6.12. The third-order valence-corrected chi connectivity index (χ3v) is 4.52. The summed E-state index contributed by atoms with van der Waals surface area (Å²) in [6, 6.07) is 9.53. The highest BCUT2D eigenvalue weighted by Crippen LogP contribution is 2.36. The van der Waals surface area contributed by atoms with E-state index in [4.69, 9.17) is 14.7 Å². The predicted octanol–water partition coefficient (Wildman–Crippen LogP) is 2.87. The minimum absolute atomic E-state index is 0.0435. The zero-order chi connectivity index (χ0) is 20.7. The van der Waals surface area contributed by atoms with Gasteiger partial charge in [-0.05, 0) is 18.2 Å². The lowest BCUT2D eigenvalue weighted by Gasteiger charge is -2.09. The number of nitriles is 1. The number of nitrogens with zero attached hydrogens (tertiary/aromatic N) is 3. The molecule has 0 aliphatic heterocycles. The zero-order valence-corrected chi connectivity index (χ0v) is 15.3. The van der Waals surface area contributed by atoms with E-state index in [-0.39, 0.29) is 22.5 Å². The highest BCUT2D eigenvalue weighted by atomic mass is 16.6. The topological polar surface area (TPSA) is 147 Å². The number of H-pyrrole nitrogens is 2. The van der Waals surface area contributed by atoms with Gasteiger partial charge in [0.1, 0.15) is 5.69 Å². The van der Waals surface area contributed by atoms with E-state index in [1.165, 1.54) is 32.4 Å². The van der Waals surface area contributed by atoms with E-state index in [0.29, 0.717) is 33.6 Å². The van der Waals surface area contributed by atoms with Crippen molar-refractivity contribution in [2.75, 3.05) is 14.2 Å². The zero-order valence-electron chi connectivity index (χ0n) is 15.3. The first-order valence-electron chi connectivity index (χ1n) is 8.33. The van der Waals surface area contributed by atoms with Crippen LogP contribution < -0.4 is 15.0 Å². The van der Waals surface area contributed by atoms with Gasteiger partial charge in [-0.2, -0.15) is 5.26 Å². The summed E-state index contributed by atoms with van der Waals surface area (Å²) in [5.74, 6) is 0.807. The molecule has 4 aromatic rings. The molecule has 0 radical (unpaired) electrons. The first-order chi connectivity index (χ1) is 14.0. The minimum atomic E-state index is -0.611. The van der Waals surface area contributed by atoms with Crippen molar-refractivity contribution >= 4 is 27.6 Å². The molecule has 4 rings (SSSR count). The summed E-state index contributed by atoms with van der Waals surface area (Å²) in [6.07, 6.45) is 0.